The monoisotopic (exact) mass is 223 g/mol. The van der Waals surface area contributed by atoms with Gasteiger partial charge in [0.1, 0.15) is 0 Å². The van der Waals surface area contributed by atoms with Gasteiger partial charge in [-0.25, -0.2) is 0 Å². The topological polar surface area (TPSA) is 58.6 Å². The number of hydrogen-bond acceptors (Lipinski definition) is 4. The Hall–Kier alpha value is -1.55. The van der Waals surface area contributed by atoms with Crippen molar-refractivity contribution in [2.75, 3.05) is 20.7 Å². The number of ether oxygens (including phenoxy) is 1. The van der Waals surface area contributed by atoms with Crippen molar-refractivity contribution in [3.05, 3.63) is 22.8 Å². The first kappa shape index (κ1) is 12.5. The summed E-state index contributed by atoms with van der Waals surface area (Å²) >= 11 is 0. The molecule has 4 nitrogen and oxygen atoms in total. The number of phenols is 1. The minimum atomic E-state index is -0.143. The molecule has 0 saturated heterocycles. The van der Waals surface area contributed by atoms with Crippen molar-refractivity contribution in [2.24, 2.45) is 0 Å². The van der Waals surface area contributed by atoms with E-state index in [2.05, 4.69) is 5.32 Å². The number of phenolic OH excluding ortho intramolecular Hbond substituents is 1. The lowest BCUT2D eigenvalue weighted by Crippen LogP contribution is -2.19. The van der Waals surface area contributed by atoms with Crippen LogP contribution in [0.25, 0.3) is 0 Å². The number of nitrogens with one attached hydrogen (secondary N) is 1. The highest BCUT2D eigenvalue weighted by molar-refractivity contribution is 6.02. The lowest BCUT2D eigenvalue weighted by Gasteiger charge is -2.13. The Morgan fingerprint density at radius 2 is 2.06 bits per heavy atom. The third-order valence-electron chi connectivity index (χ3n) is 2.46. The first-order chi connectivity index (χ1) is 7.52. The molecule has 0 fully saturated rings. The number of hydrogen-bond donors (Lipinski definition) is 2. The molecule has 88 valence electrons. The highest BCUT2D eigenvalue weighted by atomic mass is 16.5. The molecular formula is C12H17NO3. The molecule has 4 heteroatoms. The number of ketones is 1. The molecule has 1 aromatic carbocycles. The number of carbonyl (C=O) groups is 1. The number of methoxy groups -OCH3 is 1. The van der Waals surface area contributed by atoms with Gasteiger partial charge in [-0.1, -0.05) is 6.07 Å². The Bertz CT molecular complexity index is 413. The summed E-state index contributed by atoms with van der Waals surface area (Å²) in [6.45, 7) is 3.83. The Balaban J connectivity index is 3.33. The number of likely N-dealkylation sites (N-methyl/N-ethyl adjacent to an activating group) is 1. The van der Waals surface area contributed by atoms with Crippen LogP contribution in [-0.4, -0.2) is 31.6 Å². The molecule has 0 radical (unpaired) electrons. The van der Waals surface area contributed by atoms with Gasteiger partial charge >= 0.3 is 0 Å². The van der Waals surface area contributed by atoms with Crippen LogP contribution in [0.4, 0.5) is 0 Å². The number of rotatable bonds is 4. The fourth-order valence-electron chi connectivity index (χ4n) is 1.81. The summed E-state index contributed by atoms with van der Waals surface area (Å²) in [6, 6.07) is 1.83. The smallest absolute Gasteiger partial charge is 0.180 e. The second-order valence-electron chi connectivity index (χ2n) is 3.72. The van der Waals surface area contributed by atoms with Crippen LogP contribution in [0, 0.1) is 13.8 Å². The maximum absolute atomic E-state index is 11.8. The molecule has 1 aromatic rings. The van der Waals surface area contributed by atoms with Gasteiger partial charge in [0.15, 0.2) is 17.3 Å². The van der Waals surface area contributed by atoms with Crippen molar-refractivity contribution in [2.45, 2.75) is 13.8 Å². The molecule has 0 unspecified atom stereocenters. The molecule has 0 aliphatic rings. The Kier molecular flexibility index (Phi) is 3.90. The van der Waals surface area contributed by atoms with Crippen molar-refractivity contribution < 1.29 is 14.6 Å². The third kappa shape index (κ3) is 2.17. The number of aryl methyl sites for hydroxylation is 2. The van der Waals surface area contributed by atoms with E-state index in [0.717, 1.165) is 11.1 Å². The van der Waals surface area contributed by atoms with Gasteiger partial charge in [-0.05, 0) is 32.0 Å². The molecule has 0 aliphatic heterocycles. The minimum absolute atomic E-state index is 0.0692. The van der Waals surface area contributed by atoms with E-state index in [9.17, 15) is 9.90 Å². The molecule has 0 saturated carbocycles. The zero-order valence-electron chi connectivity index (χ0n) is 10.0. The van der Waals surface area contributed by atoms with Gasteiger partial charge in [0.25, 0.3) is 0 Å². The predicted molar refractivity (Wildman–Crippen MR) is 62.4 cm³/mol. The lowest BCUT2D eigenvalue weighted by molar-refractivity contribution is 0.0990. The van der Waals surface area contributed by atoms with Crippen LogP contribution in [-0.2, 0) is 0 Å². The van der Waals surface area contributed by atoms with E-state index >= 15 is 0 Å². The molecule has 0 amide bonds. The zero-order chi connectivity index (χ0) is 12.3. The van der Waals surface area contributed by atoms with Crippen molar-refractivity contribution in [3.8, 4) is 11.5 Å². The molecule has 0 bridgehead atoms. The van der Waals surface area contributed by atoms with Crippen LogP contribution in [0.1, 0.15) is 21.5 Å². The Morgan fingerprint density at radius 3 is 2.56 bits per heavy atom. The van der Waals surface area contributed by atoms with Gasteiger partial charge in [-0.15, -0.1) is 0 Å². The first-order valence-corrected chi connectivity index (χ1v) is 5.07. The summed E-state index contributed by atoms with van der Waals surface area (Å²) in [5, 5.41) is 12.7. The van der Waals surface area contributed by atoms with E-state index in [1.807, 2.05) is 13.0 Å². The zero-order valence-corrected chi connectivity index (χ0v) is 10.0. The molecule has 0 aromatic heterocycles. The van der Waals surface area contributed by atoms with E-state index < -0.39 is 0 Å². The largest absolute Gasteiger partial charge is 0.504 e. The molecule has 0 atom stereocenters. The van der Waals surface area contributed by atoms with Gasteiger partial charge < -0.3 is 15.2 Å². The van der Waals surface area contributed by atoms with Gasteiger partial charge in [0.2, 0.25) is 0 Å². The molecule has 1 rings (SSSR count). The Labute approximate surface area is 95.2 Å². The van der Waals surface area contributed by atoms with Gasteiger partial charge in [0.05, 0.1) is 19.2 Å². The minimum Gasteiger partial charge on any atom is -0.504 e. The highest BCUT2D eigenvalue weighted by Gasteiger charge is 2.19. The molecular weight excluding hydrogens is 206 g/mol. The quantitative estimate of drug-likeness (QED) is 0.758. The maximum atomic E-state index is 11.8. The van der Waals surface area contributed by atoms with Crippen LogP contribution in [0.15, 0.2) is 6.07 Å². The number of aromatic hydroxyl groups is 1. The molecule has 2 N–H and O–H groups in total. The average Bonchev–Trinajstić information content (AvgIpc) is 2.17. The number of Topliss-reactive ketones (excluding diaryl/α,β-unsaturated/α-hetero) is 1. The second-order valence-corrected chi connectivity index (χ2v) is 3.72. The van der Waals surface area contributed by atoms with Crippen LogP contribution in [0.3, 0.4) is 0 Å². The SMILES string of the molecule is CNCC(=O)c1c(C)cc(C)c(OC)c1O. The van der Waals surface area contributed by atoms with Crippen LogP contribution >= 0.6 is 0 Å². The second kappa shape index (κ2) is 4.99. The van der Waals surface area contributed by atoms with Crippen molar-refractivity contribution >= 4 is 5.78 Å². The predicted octanol–water partition coefficient (Wildman–Crippen LogP) is 1.42. The van der Waals surface area contributed by atoms with E-state index in [1.54, 1.807) is 14.0 Å². The highest BCUT2D eigenvalue weighted by Crippen LogP contribution is 2.35. The van der Waals surface area contributed by atoms with Gasteiger partial charge in [-0.2, -0.15) is 0 Å². The summed E-state index contributed by atoms with van der Waals surface area (Å²) in [6.07, 6.45) is 0. The molecule has 0 spiro atoms. The summed E-state index contributed by atoms with van der Waals surface area (Å²) in [5.74, 6) is 0.154. The van der Waals surface area contributed by atoms with Crippen LogP contribution in [0.5, 0.6) is 11.5 Å². The summed E-state index contributed by atoms with van der Waals surface area (Å²) in [4.78, 5) is 11.8. The summed E-state index contributed by atoms with van der Waals surface area (Å²) in [5.41, 5.74) is 1.91. The number of benzene rings is 1. The Morgan fingerprint density at radius 1 is 1.44 bits per heavy atom. The standard InChI is InChI=1S/C12H17NO3/c1-7-5-8(2)12(16-4)11(15)10(7)9(14)6-13-3/h5,13,15H,6H2,1-4H3. The van der Waals surface area contributed by atoms with Crippen LogP contribution < -0.4 is 10.1 Å². The van der Waals surface area contributed by atoms with E-state index in [-0.39, 0.29) is 18.1 Å². The van der Waals surface area contributed by atoms with Gasteiger partial charge in [-0.3, -0.25) is 4.79 Å². The molecule has 0 aliphatic carbocycles. The molecule has 0 heterocycles. The lowest BCUT2D eigenvalue weighted by atomic mass is 9.99. The third-order valence-corrected chi connectivity index (χ3v) is 2.46. The average molecular weight is 223 g/mol. The van der Waals surface area contributed by atoms with E-state index in [4.69, 9.17) is 4.74 Å². The van der Waals surface area contributed by atoms with Crippen molar-refractivity contribution in [1.29, 1.82) is 0 Å². The fourth-order valence-corrected chi connectivity index (χ4v) is 1.81. The van der Waals surface area contributed by atoms with Gasteiger partial charge in [0, 0.05) is 0 Å². The normalized spacial score (nSPS) is 10.2. The van der Waals surface area contributed by atoms with Crippen molar-refractivity contribution in [1.82, 2.24) is 5.32 Å². The maximum Gasteiger partial charge on any atom is 0.180 e. The number of carbonyl (C=O) groups excluding carboxylic acids is 1. The van der Waals surface area contributed by atoms with Crippen molar-refractivity contribution in [3.63, 3.8) is 0 Å². The van der Waals surface area contributed by atoms with E-state index in [1.165, 1.54) is 7.11 Å². The fraction of sp³-hybridized carbons (Fsp3) is 0.417. The van der Waals surface area contributed by atoms with Crippen LogP contribution in [0.2, 0.25) is 0 Å². The summed E-state index contributed by atoms with van der Waals surface area (Å²) < 4.78 is 5.08. The van der Waals surface area contributed by atoms with E-state index in [0.29, 0.717) is 11.3 Å². The molecule has 16 heavy (non-hydrogen) atoms. The first-order valence-electron chi connectivity index (χ1n) is 5.07. The summed E-state index contributed by atoms with van der Waals surface area (Å²) in [7, 11) is 3.17.